The minimum atomic E-state index is -0.702. The molecule has 0 unspecified atom stereocenters. The number of carbonyl (C=O) groups is 1. The number of benzene rings is 1. The molecule has 1 rings (SSSR count). The number of nitrogens with two attached hydrogens (primary N) is 1. The highest BCUT2D eigenvalue weighted by Gasteiger charge is 2.11. The molecule has 0 fully saturated rings. The van der Waals surface area contributed by atoms with Crippen LogP contribution in [0.25, 0.3) is 0 Å². The highest BCUT2D eigenvalue weighted by atomic mass is 16.3. The number of phenols is 2. The van der Waals surface area contributed by atoms with Crippen molar-refractivity contribution in [1.82, 2.24) is 10.9 Å². The van der Waals surface area contributed by atoms with Gasteiger partial charge >= 0.3 is 6.03 Å². The summed E-state index contributed by atoms with van der Waals surface area (Å²) in [6.45, 7) is 4.09. The lowest BCUT2D eigenvalue weighted by Crippen LogP contribution is -2.40. The van der Waals surface area contributed by atoms with Gasteiger partial charge in [0.1, 0.15) is 11.5 Å². The summed E-state index contributed by atoms with van der Waals surface area (Å²) in [5.74, 6) is 0.160. The predicted octanol–water partition coefficient (Wildman–Crippen LogP) is 0.894. The largest absolute Gasteiger partial charge is 0.508 e. The minimum absolute atomic E-state index is 0.0364. The quantitative estimate of drug-likeness (QED) is 0.503. The maximum absolute atomic E-state index is 10.4. The highest BCUT2D eigenvalue weighted by molar-refractivity contribution is 5.70. The van der Waals surface area contributed by atoms with E-state index in [-0.39, 0.29) is 24.0 Å². The Kier molecular flexibility index (Phi) is 4.17. The fourth-order valence-corrected chi connectivity index (χ4v) is 1.47. The van der Waals surface area contributed by atoms with E-state index < -0.39 is 6.03 Å². The van der Waals surface area contributed by atoms with Crippen molar-refractivity contribution in [3.63, 3.8) is 0 Å². The SMILES string of the molecule is CC(C)c1cc(CNNC(N)=O)c(O)cc1O. The molecule has 0 spiro atoms. The smallest absolute Gasteiger partial charge is 0.326 e. The summed E-state index contributed by atoms with van der Waals surface area (Å²) >= 11 is 0. The van der Waals surface area contributed by atoms with Gasteiger partial charge in [0.2, 0.25) is 0 Å². The molecular formula is C11H17N3O3. The second-order valence-corrected chi connectivity index (χ2v) is 4.04. The first-order valence-corrected chi connectivity index (χ1v) is 5.25. The summed E-state index contributed by atoms with van der Waals surface area (Å²) in [5.41, 5.74) is 10.9. The predicted molar refractivity (Wildman–Crippen MR) is 63.4 cm³/mol. The van der Waals surface area contributed by atoms with Crippen molar-refractivity contribution in [3.8, 4) is 11.5 Å². The summed E-state index contributed by atoms with van der Waals surface area (Å²) in [6, 6.07) is 2.27. The lowest BCUT2D eigenvalue weighted by atomic mass is 9.99. The molecule has 6 heteroatoms. The Labute approximate surface area is 99.4 Å². The molecule has 2 amide bonds. The summed E-state index contributed by atoms with van der Waals surface area (Å²) in [4.78, 5) is 10.4. The first-order valence-electron chi connectivity index (χ1n) is 5.25. The van der Waals surface area contributed by atoms with Crippen LogP contribution in [-0.2, 0) is 6.54 Å². The molecule has 0 atom stereocenters. The molecule has 1 aromatic rings. The number of urea groups is 1. The summed E-state index contributed by atoms with van der Waals surface area (Å²) in [6.07, 6.45) is 0. The van der Waals surface area contributed by atoms with Crippen molar-refractivity contribution in [2.24, 2.45) is 5.73 Å². The van der Waals surface area contributed by atoms with Gasteiger partial charge in [0.15, 0.2) is 0 Å². The van der Waals surface area contributed by atoms with Crippen LogP contribution < -0.4 is 16.6 Å². The minimum Gasteiger partial charge on any atom is -0.508 e. The van der Waals surface area contributed by atoms with Crippen LogP contribution in [0.2, 0.25) is 0 Å². The van der Waals surface area contributed by atoms with Gasteiger partial charge in [0.05, 0.1) is 0 Å². The first-order chi connectivity index (χ1) is 7.91. The number of phenolic OH excluding ortho intramolecular Hbond substituents is 2. The van der Waals surface area contributed by atoms with E-state index in [2.05, 4.69) is 10.9 Å². The number of primary amides is 1. The Bertz CT molecular complexity index is 419. The normalized spacial score (nSPS) is 10.5. The van der Waals surface area contributed by atoms with Crippen molar-refractivity contribution < 1.29 is 15.0 Å². The molecule has 94 valence electrons. The number of hydrazine groups is 1. The monoisotopic (exact) mass is 239 g/mol. The maximum atomic E-state index is 10.4. The Morgan fingerprint density at radius 3 is 2.53 bits per heavy atom. The zero-order chi connectivity index (χ0) is 13.0. The number of hydrogen-bond acceptors (Lipinski definition) is 4. The van der Waals surface area contributed by atoms with Gasteiger partial charge in [-0.25, -0.2) is 10.2 Å². The van der Waals surface area contributed by atoms with Gasteiger partial charge in [0, 0.05) is 18.2 Å². The van der Waals surface area contributed by atoms with E-state index in [0.717, 1.165) is 5.56 Å². The standard InChI is InChI=1S/C11H17N3O3/c1-6(2)8-3-7(5-13-14-11(12)17)9(15)4-10(8)16/h3-4,6,13,15-16H,5H2,1-2H3,(H3,12,14,17). The molecule has 0 aliphatic heterocycles. The van der Waals surface area contributed by atoms with Gasteiger partial charge in [-0.05, 0) is 17.5 Å². The molecule has 0 bridgehead atoms. The average Bonchev–Trinajstić information content (AvgIpc) is 2.20. The van der Waals surface area contributed by atoms with Crippen molar-refractivity contribution >= 4 is 6.03 Å². The average molecular weight is 239 g/mol. The Balaban J connectivity index is 2.84. The van der Waals surface area contributed by atoms with E-state index in [1.54, 1.807) is 6.07 Å². The maximum Gasteiger partial charge on any atom is 0.326 e. The van der Waals surface area contributed by atoms with Crippen LogP contribution in [0.4, 0.5) is 4.79 Å². The van der Waals surface area contributed by atoms with Crippen molar-refractivity contribution in [2.45, 2.75) is 26.3 Å². The van der Waals surface area contributed by atoms with E-state index >= 15 is 0 Å². The Hall–Kier alpha value is -1.95. The van der Waals surface area contributed by atoms with Crippen LogP contribution in [0.3, 0.4) is 0 Å². The molecule has 0 saturated carbocycles. The fourth-order valence-electron chi connectivity index (χ4n) is 1.47. The third-order valence-electron chi connectivity index (χ3n) is 2.34. The number of carbonyl (C=O) groups excluding carboxylic acids is 1. The molecule has 1 aromatic carbocycles. The second-order valence-electron chi connectivity index (χ2n) is 4.04. The van der Waals surface area contributed by atoms with Gasteiger partial charge in [-0.2, -0.15) is 0 Å². The summed E-state index contributed by atoms with van der Waals surface area (Å²) < 4.78 is 0. The topological polar surface area (TPSA) is 108 Å². The van der Waals surface area contributed by atoms with E-state index in [1.165, 1.54) is 6.07 Å². The third kappa shape index (κ3) is 3.53. The van der Waals surface area contributed by atoms with Crippen LogP contribution in [-0.4, -0.2) is 16.2 Å². The van der Waals surface area contributed by atoms with Crippen LogP contribution >= 0.6 is 0 Å². The second kappa shape index (κ2) is 5.40. The molecule has 6 N–H and O–H groups in total. The Morgan fingerprint density at radius 2 is 2.00 bits per heavy atom. The molecule has 0 heterocycles. The zero-order valence-corrected chi connectivity index (χ0v) is 9.82. The molecule has 17 heavy (non-hydrogen) atoms. The number of amides is 2. The first kappa shape index (κ1) is 13.1. The van der Waals surface area contributed by atoms with Gasteiger partial charge < -0.3 is 15.9 Å². The van der Waals surface area contributed by atoms with Crippen molar-refractivity contribution in [3.05, 3.63) is 23.3 Å². The number of aromatic hydroxyl groups is 2. The van der Waals surface area contributed by atoms with E-state index in [0.29, 0.717) is 5.56 Å². The molecule has 0 aromatic heterocycles. The van der Waals surface area contributed by atoms with Crippen LogP contribution in [0.1, 0.15) is 30.9 Å². The number of rotatable bonds is 4. The zero-order valence-electron chi connectivity index (χ0n) is 9.82. The van der Waals surface area contributed by atoms with Crippen LogP contribution in [0.15, 0.2) is 12.1 Å². The molecule has 6 nitrogen and oxygen atoms in total. The molecule has 0 saturated heterocycles. The van der Waals surface area contributed by atoms with Crippen molar-refractivity contribution in [2.75, 3.05) is 0 Å². The Morgan fingerprint density at radius 1 is 1.35 bits per heavy atom. The number of hydrogen-bond donors (Lipinski definition) is 5. The molecule has 0 aliphatic rings. The van der Waals surface area contributed by atoms with Gasteiger partial charge in [-0.15, -0.1) is 0 Å². The summed E-state index contributed by atoms with van der Waals surface area (Å²) in [7, 11) is 0. The molecule has 0 radical (unpaired) electrons. The van der Waals surface area contributed by atoms with Crippen LogP contribution in [0, 0.1) is 0 Å². The van der Waals surface area contributed by atoms with Gasteiger partial charge in [-0.1, -0.05) is 13.8 Å². The third-order valence-corrected chi connectivity index (χ3v) is 2.34. The van der Waals surface area contributed by atoms with Crippen LogP contribution in [0.5, 0.6) is 11.5 Å². The lowest BCUT2D eigenvalue weighted by molar-refractivity contribution is 0.244. The fraction of sp³-hybridized carbons (Fsp3) is 0.364. The molecule has 0 aliphatic carbocycles. The van der Waals surface area contributed by atoms with E-state index in [4.69, 9.17) is 5.73 Å². The number of nitrogens with one attached hydrogen (secondary N) is 2. The highest BCUT2D eigenvalue weighted by Crippen LogP contribution is 2.31. The van der Waals surface area contributed by atoms with E-state index in [9.17, 15) is 15.0 Å². The molecular weight excluding hydrogens is 222 g/mol. The van der Waals surface area contributed by atoms with E-state index in [1.807, 2.05) is 13.8 Å². The van der Waals surface area contributed by atoms with Gasteiger partial charge in [-0.3, -0.25) is 5.43 Å². The lowest BCUT2D eigenvalue weighted by Gasteiger charge is -2.13. The van der Waals surface area contributed by atoms with Gasteiger partial charge in [0.25, 0.3) is 0 Å². The van der Waals surface area contributed by atoms with Crippen molar-refractivity contribution in [1.29, 1.82) is 0 Å². The summed E-state index contributed by atoms with van der Waals surface area (Å²) in [5, 5.41) is 19.2.